The predicted molar refractivity (Wildman–Crippen MR) is 84.2 cm³/mol. The van der Waals surface area contributed by atoms with Crippen molar-refractivity contribution >= 4 is 23.9 Å². The third-order valence-electron chi connectivity index (χ3n) is 0.642. The Morgan fingerprint density at radius 3 is 0.875 bits per heavy atom. The molecular formula is C12H29FeN3O8. The molecule has 0 fully saturated rings. The van der Waals surface area contributed by atoms with E-state index in [1.165, 1.54) is 0 Å². The number of aliphatic carboxylic acids is 4. The molecule has 0 aromatic heterocycles. The molecule has 11 nitrogen and oxygen atoms in total. The maximum absolute atomic E-state index is 9.00. The largest absolute Gasteiger partial charge is 0.481 e. The Balaban J connectivity index is -0.0000000429. The van der Waals surface area contributed by atoms with Crippen LogP contribution in [0.15, 0.2) is 0 Å². The van der Waals surface area contributed by atoms with Gasteiger partial charge in [0.05, 0.1) is 0 Å². The Hall–Kier alpha value is -1.72. The standard InChI is InChI=1S/C4H13N3.4C2H4O2.Fe/c5-1-3-7-4-2-6;4*1-2(3)4;/h7H,1-6H2;4*1H3,(H,3,4);. The second-order valence-electron chi connectivity index (χ2n) is 3.40. The predicted octanol–water partition coefficient (Wildman–Crippen LogP) is -1.15. The number of carboxylic acids is 4. The van der Waals surface area contributed by atoms with E-state index in [1.54, 1.807) is 0 Å². The van der Waals surface area contributed by atoms with Gasteiger partial charge in [0.15, 0.2) is 0 Å². The topological polar surface area (TPSA) is 213 Å². The maximum Gasteiger partial charge on any atom is 0.300 e. The van der Waals surface area contributed by atoms with Gasteiger partial charge in [0.2, 0.25) is 0 Å². The molecule has 0 rings (SSSR count). The van der Waals surface area contributed by atoms with Crippen LogP contribution in [0.1, 0.15) is 27.7 Å². The quantitative estimate of drug-likeness (QED) is 0.221. The fraction of sp³-hybridized carbons (Fsp3) is 0.667. The summed E-state index contributed by atoms with van der Waals surface area (Å²) < 4.78 is 0. The molecule has 12 heteroatoms. The van der Waals surface area contributed by atoms with Crippen LogP contribution in [-0.4, -0.2) is 70.5 Å². The van der Waals surface area contributed by atoms with Crippen molar-refractivity contribution in [1.82, 2.24) is 5.32 Å². The molecular weight excluding hydrogens is 370 g/mol. The Morgan fingerprint density at radius 1 is 0.667 bits per heavy atom. The van der Waals surface area contributed by atoms with Crippen LogP contribution in [0.2, 0.25) is 0 Å². The Morgan fingerprint density at radius 2 is 0.792 bits per heavy atom. The number of nitrogens with one attached hydrogen (secondary N) is 1. The smallest absolute Gasteiger partial charge is 0.300 e. The van der Waals surface area contributed by atoms with Crippen LogP contribution in [0.25, 0.3) is 0 Å². The summed E-state index contributed by atoms with van der Waals surface area (Å²) in [6.45, 7) is 7.47. The van der Waals surface area contributed by atoms with Crippen LogP contribution < -0.4 is 16.8 Å². The van der Waals surface area contributed by atoms with Crippen molar-refractivity contribution in [1.29, 1.82) is 0 Å². The first-order valence-corrected chi connectivity index (χ1v) is 6.23. The molecule has 0 unspecified atom stereocenters. The number of hydrogen-bond donors (Lipinski definition) is 7. The van der Waals surface area contributed by atoms with Gasteiger partial charge >= 0.3 is 0 Å². The van der Waals surface area contributed by atoms with E-state index in [1.807, 2.05) is 0 Å². The maximum atomic E-state index is 9.00. The Kier molecular flexibility index (Phi) is 59.5. The SMILES string of the molecule is CC(=O)O.CC(=O)O.CC(=O)O.CC(=O)O.NCCNCCN.[Fe]. The van der Waals surface area contributed by atoms with Gasteiger partial charge in [-0.3, -0.25) is 19.2 Å². The molecule has 0 heterocycles. The van der Waals surface area contributed by atoms with Crippen molar-refractivity contribution in [3.05, 3.63) is 0 Å². The number of carbonyl (C=O) groups is 4. The van der Waals surface area contributed by atoms with Gasteiger partial charge < -0.3 is 37.2 Å². The second kappa shape index (κ2) is 37.5. The van der Waals surface area contributed by atoms with E-state index in [9.17, 15) is 0 Å². The zero-order valence-corrected chi connectivity index (χ0v) is 15.4. The van der Waals surface area contributed by atoms with Gasteiger partial charge in [0.25, 0.3) is 23.9 Å². The van der Waals surface area contributed by atoms with E-state index >= 15 is 0 Å². The number of rotatable bonds is 4. The van der Waals surface area contributed by atoms with E-state index < -0.39 is 23.9 Å². The van der Waals surface area contributed by atoms with Gasteiger partial charge in [-0.25, -0.2) is 0 Å². The molecule has 0 saturated carbocycles. The molecule has 9 N–H and O–H groups in total. The van der Waals surface area contributed by atoms with Crippen molar-refractivity contribution < 1.29 is 56.7 Å². The third kappa shape index (κ3) is 1450. The monoisotopic (exact) mass is 399 g/mol. The average molecular weight is 399 g/mol. The van der Waals surface area contributed by atoms with Gasteiger partial charge in [-0.15, -0.1) is 0 Å². The molecule has 0 aliphatic rings. The van der Waals surface area contributed by atoms with Crippen molar-refractivity contribution in [2.75, 3.05) is 26.2 Å². The first-order chi connectivity index (χ1) is 10.3. The molecule has 0 aliphatic carbocycles. The summed E-state index contributed by atoms with van der Waals surface area (Å²) >= 11 is 0. The van der Waals surface area contributed by atoms with Gasteiger partial charge in [0, 0.05) is 70.9 Å². The van der Waals surface area contributed by atoms with E-state index in [0.29, 0.717) is 13.1 Å². The minimum absolute atomic E-state index is 0. The van der Waals surface area contributed by atoms with Gasteiger partial charge in [-0.1, -0.05) is 0 Å². The Bertz CT molecular complexity index is 236. The van der Waals surface area contributed by atoms with Crippen LogP contribution >= 0.6 is 0 Å². The first kappa shape index (κ1) is 38.1. The average Bonchev–Trinajstić information content (AvgIpc) is 2.26. The fourth-order valence-corrected chi connectivity index (χ4v) is 0.329. The molecule has 0 amide bonds. The molecule has 0 spiro atoms. The molecule has 148 valence electrons. The first-order valence-electron chi connectivity index (χ1n) is 6.23. The summed E-state index contributed by atoms with van der Waals surface area (Å²) in [6, 6.07) is 0. The Labute approximate surface area is 151 Å². The van der Waals surface area contributed by atoms with Crippen molar-refractivity contribution in [3.63, 3.8) is 0 Å². The minimum Gasteiger partial charge on any atom is -0.481 e. The third-order valence-corrected chi connectivity index (χ3v) is 0.642. The fourth-order valence-electron chi connectivity index (χ4n) is 0.329. The van der Waals surface area contributed by atoms with E-state index in [2.05, 4.69) is 5.32 Å². The van der Waals surface area contributed by atoms with E-state index in [4.69, 9.17) is 51.1 Å². The van der Waals surface area contributed by atoms with Gasteiger partial charge in [0.1, 0.15) is 0 Å². The normalized spacial score (nSPS) is 6.92. The van der Waals surface area contributed by atoms with Crippen LogP contribution in [0.5, 0.6) is 0 Å². The van der Waals surface area contributed by atoms with Crippen LogP contribution in [-0.2, 0) is 36.2 Å². The summed E-state index contributed by atoms with van der Waals surface area (Å²) in [4.78, 5) is 36.0. The van der Waals surface area contributed by atoms with Gasteiger partial charge in [-0.2, -0.15) is 0 Å². The van der Waals surface area contributed by atoms with Crippen molar-refractivity contribution in [2.24, 2.45) is 11.5 Å². The van der Waals surface area contributed by atoms with E-state index in [-0.39, 0.29) is 17.1 Å². The second-order valence-corrected chi connectivity index (χ2v) is 3.40. The van der Waals surface area contributed by atoms with Crippen molar-refractivity contribution in [2.45, 2.75) is 27.7 Å². The molecule has 0 saturated heterocycles. The number of carboxylic acid groups (broad SMARTS) is 4. The zero-order valence-electron chi connectivity index (χ0n) is 14.3. The summed E-state index contributed by atoms with van der Waals surface area (Å²) in [5, 5.41) is 32.7. The minimum atomic E-state index is -0.833. The molecule has 0 aliphatic heterocycles. The summed E-state index contributed by atoms with van der Waals surface area (Å²) in [6.07, 6.45) is 0. The van der Waals surface area contributed by atoms with E-state index in [0.717, 1.165) is 40.8 Å². The molecule has 0 aromatic carbocycles. The molecule has 24 heavy (non-hydrogen) atoms. The summed E-state index contributed by atoms with van der Waals surface area (Å²) in [5.41, 5.74) is 10.3. The molecule has 0 aromatic rings. The summed E-state index contributed by atoms with van der Waals surface area (Å²) in [7, 11) is 0. The summed E-state index contributed by atoms with van der Waals surface area (Å²) in [5.74, 6) is -3.33. The number of hydrogen-bond acceptors (Lipinski definition) is 7. The zero-order chi connectivity index (χ0) is 19.8. The number of nitrogens with two attached hydrogens (primary N) is 2. The van der Waals surface area contributed by atoms with Crippen molar-refractivity contribution in [3.8, 4) is 0 Å². The van der Waals surface area contributed by atoms with Gasteiger partial charge in [-0.05, 0) is 0 Å². The molecule has 0 atom stereocenters. The molecule has 0 radical (unpaired) electrons. The molecule has 0 bridgehead atoms. The van der Waals surface area contributed by atoms with Crippen LogP contribution in [0.3, 0.4) is 0 Å². The van der Waals surface area contributed by atoms with Crippen LogP contribution in [0.4, 0.5) is 0 Å². The van der Waals surface area contributed by atoms with Crippen LogP contribution in [0, 0.1) is 0 Å².